The van der Waals surface area contributed by atoms with Gasteiger partial charge in [-0.25, -0.2) is 14.6 Å². The predicted molar refractivity (Wildman–Crippen MR) is 143 cm³/mol. The van der Waals surface area contributed by atoms with E-state index in [1.807, 2.05) is 59.7 Å². The summed E-state index contributed by atoms with van der Waals surface area (Å²) < 4.78 is 12.2. The van der Waals surface area contributed by atoms with Gasteiger partial charge >= 0.3 is 12.2 Å². The molecule has 0 atom stereocenters. The van der Waals surface area contributed by atoms with Crippen molar-refractivity contribution in [1.29, 1.82) is 0 Å². The van der Waals surface area contributed by atoms with Gasteiger partial charge in [0, 0.05) is 26.2 Å². The summed E-state index contributed by atoms with van der Waals surface area (Å²) >= 11 is 0. The Bertz CT molecular complexity index is 1040. The third-order valence-corrected chi connectivity index (χ3v) is 4.90. The molecular weight excluding hydrogens is 476 g/mol. The van der Waals surface area contributed by atoms with E-state index in [1.54, 1.807) is 10.6 Å². The lowest BCUT2D eigenvalue weighted by atomic mass is 10.2. The molecule has 206 valence electrons. The van der Waals surface area contributed by atoms with Gasteiger partial charge in [0.1, 0.15) is 28.4 Å². The van der Waals surface area contributed by atoms with Gasteiger partial charge in [0.05, 0.1) is 6.20 Å². The summed E-state index contributed by atoms with van der Waals surface area (Å²) in [6, 6.07) is 5.62. The number of carbonyl (C=O) groups is 3. The summed E-state index contributed by atoms with van der Waals surface area (Å²) in [4.78, 5) is 40.5. The van der Waals surface area contributed by atoms with Crippen LogP contribution < -0.4 is 21.3 Å². The van der Waals surface area contributed by atoms with Crippen LogP contribution in [-0.2, 0) is 9.47 Å². The minimum atomic E-state index is -0.529. The van der Waals surface area contributed by atoms with Gasteiger partial charge in [0.25, 0.3) is 5.91 Å². The highest BCUT2D eigenvalue weighted by Crippen LogP contribution is 2.15. The van der Waals surface area contributed by atoms with Crippen molar-refractivity contribution in [3.8, 4) is 0 Å². The first-order valence-corrected chi connectivity index (χ1v) is 12.8. The number of nitrogens with one attached hydrogen (secondary N) is 4. The van der Waals surface area contributed by atoms with Gasteiger partial charge in [-0.3, -0.25) is 9.20 Å². The molecule has 0 aromatic carbocycles. The Morgan fingerprint density at radius 2 is 1.30 bits per heavy atom. The molecule has 11 nitrogen and oxygen atoms in total. The number of imidazole rings is 1. The van der Waals surface area contributed by atoms with E-state index in [1.165, 1.54) is 0 Å². The molecule has 11 heteroatoms. The van der Waals surface area contributed by atoms with Crippen molar-refractivity contribution < 1.29 is 23.9 Å². The molecule has 0 spiro atoms. The third kappa shape index (κ3) is 11.4. The fourth-order valence-corrected chi connectivity index (χ4v) is 3.35. The van der Waals surface area contributed by atoms with E-state index >= 15 is 0 Å². The Kier molecular flexibility index (Phi) is 11.0. The fraction of sp³-hybridized carbons (Fsp3) is 0.615. The van der Waals surface area contributed by atoms with Gasteiger partial charge < -0.3 is 30.7 Å². The number of ether oxygens (including phenoxy) is 2. The molecular formula is C26H42N6O5. The smallest absolute Gasteiger partial charge is 0.407 e. The standard InChI is InChI=1S/C26H42N6O5/c1-25(2,3)36-23(34)29-16-9-7-14-27-20-12-11-13-21-31-18-19(32(20)21)22(33)28-15-8-10-17-30-24(35)37-26(4,5)6/h11-13,18,27H,7-10,14-17H2,1-6H3,(H,28,33)(H,29,34)(H,30,35). The van der Waals surface area contributed by atoms with Crippen LogP contribution in [0.15, 0.2) is 24.4 Å². The van der Waals surface area contributed by atoms with Crippen molar-refractivity contribution in [3.05, 3.63) is 30.1 Å². The Morgan fingerprint density at radius 3 is 1.84 bits per heavy atom. The summed E-state index contributed by atoms with van der Waals surface area (Å²) in [5.74, 6) is 0.547. The van der Waals surface area contributed by atoms with Crippen molar-refractivity contribution in [2.75, 3.05) is 31.5 Å². The van der Waals surface area contributed by atoms with Crippen molar-refractivity contribution >= 4 is 29.6 Å². The van der Waals surface area contributed by atoms with Crippen LogP contribution in [0.5, 0.6) is 0 Å². The van der Waals surface area contributed by atoms with Crippen molar-refractivity contribution in [2.45, 2.75) is 78.4 Å². The molecule has 3 amide bonds. The zero-order valence-electron chi connectivity index (χ0n) is 22.9. The average molecular weight is 519 g/mol. The molecule has 0 bridgehead atoms. The number of hydrogen-bond acceptors (Lipinski definition) is 7. The van der Waals surface area contributed by atoms with Crippen molar-refractivity contribution in [3.63, 3.8) is 0 Å². The number of anilines is 1. The normalized spacial score (nSPS) is 11.6. The van der Waals surface area contributed by atoms with Gasteiger partial charge in [0.15, 0.2) is 0 Å². The Balaban J connectivity index is 1.75. The second kappa shape index (κ2) is 13.7. The van der Waals surface area contributed by atoms with E-state index in [0.717, 1.165) is 18.7 Å². The molecule has 2 rings (SSSR count). The van der Waals surface area contributed by atoms with E-state index in [-0.39, 0.29) is 5.91 Å². The number of nitrogens with zero attached hydrogens (tertiary/aromatic N) is 2. The van der Waals surface area contributed by atoms with E-state index in [4.69, 9.17) is 9.47 Å². The number of carbonyl (C=O) groups excluding carboxylic acids is 3. The number of unbranched alkanes of at least 4 members (excludes halogenated alkanes) is 2. The molecule has 0 saturated heterocycles. The van der Waals surface area contributed by atoms with Gasteiger partial charge in [0.2, 0.25) is 0 Å². The highest BCUT2D eigenvalue weighted by atomic mass is 16.6. The highest BCUT2D eigenvalue weighted by Gasteiger charge is 2.17. The summed E-state index contributed by atoms with van der Waals surface area (Å²) in [6.07, 6.45) is 3.72. The van der Waals surface area contributed by atoms with Crippen LogP contribution in [0.25, 0.3) is 5.65 Å². The second-order valence-corrected chi connectivity index (χ2v) is 10.7. The maximum absolute atomic E-state index is 12.8. The molecule has 0 unspecified atom stereocenters. The zero-order valence-corrected chi connectivity index (χ0v) is 22.9. The molecule has 0 aliphatic rings. The lowest BCUT2D eigenvalue weighted by molar-refractivity contribution is 0.0515. The van der Waals surface area contributed by atoms with E-state index in [2.05, 4.69) is 26.3 Å². The monoisotopic (exact) mass is 518 g/mol. The molecule has 0 aliphatic heterocycles. The van der Waals surface area contributed by atoms with Crippen LogP contribution in [0.2, 0.25) is 0 Å². The lowest BCUT2D eigenvalue weighted by Crippen LogP contribution is -2.33. The average Bonchev–Trinajstić information content (AvgIpc) is 3.21. The number of hydrogen-bond donors (Lipinski definition) is 4. The first-order chi connectivity index (χ1) is 17.4. The number of aromatic nitrogens is 2. The molecule has 2 heterocycles. The first kappa shape index (κ1) is 29.7. The molecule has 0 saturated carbocycles. The summed E-state index contributed by atoms with van der Waals surface area (Å²) in [7, 11) is 0. The van der Waals surface area contributed by atoms with Crippen LogP contribution in [0.1, 0.15) is 77.7 Å². The Hall–Kier alpha value is -3.50. The van der Waals surface area contributed by atoms with E-state index in [9.17, 15) is 14.4 Å². The van der Waals surface area contributed by atoms with Crippen LogP contribution in [-0.4, -0.2) is 64.9 Å². The first-order valence-electron chi connectivity index (χ1n) is 12.8. The van der Waals surface area contributed by atoms with Gasteiger partial charge in [-0.2, -0.15) is 0 Å². The van der Waals surface area contributed by atoms with E-state index in [0.29, 0.717) is 50.4 Å². The van der Waals surface area contributed by atoms with Crippen LogP contribution in [0.3, 0.4) is 0 Å². The van der Waals surface area contributed by atoms with Crippen LogP contribution in [0.4, 0.5) is 15.4 Å². The van der Waals surface area contributed by atoms with Gasteiger partial charge in [-0.1, -0.05) is 6.07 Å². The largest absolute Gasteiger partial charge is 0.444 e. The van der Waals surface area contributed by atoms with Crippen molar-refractivity contribution in [2.24, 2.45) is 0 Å². The maximum Gasteiger partial charge on any atom is 0.407 e. The van der Waals surface area contributed by atoms with Crippen molar-refractivity contribution in [1.82, 2.24) is 25.3 Å². The molecule has 2 aromatic rings. The Morgan fingerprint density at radius 1 is 0.784 bits per heavy atom. The number of pyridine rings is 1. The highest BCUT2D eigenvalue weighted by molar-refractivity contribution is 5.93. The third-order valence-electron chi connectivity index (χ3n) is 4.90. The zero-order chi connectivity index (χ0) is 27.5. The number of alkyl carbamates (subject to hydrolysis) is 2. The maximum atomic E-state index is 12.8. The molecule has 0 aliphatic carbocycles. The topological polar surface area (TPSA) is 135 Å². The van der Waals surface area contributed by atoms with Crippen LogP contribution in [0, 0.1) is 0 Å². The summed E-state index contributed by atoms with van der Waals surface area (Å²) in [5, 5.41) is 11.7. The molecule has 37 heavy (non-hydrogen) atoms. The molecule has 0 fully saturated rings. The summed E-state index contributed by atoms with van der Waals surface area (Å²) in [6.45, 7) is 13.1. The molecule has 0 radical (unpaired) electrons. The number of rotatable bonds is 12. The lowest BCUT2D eigenvalue weighted by Gasteiger charge is -2.19. The van der Waals surface area contributed by atoms with Crippen LogP contribution >= 0.6 is 0 Å². The van der Waals surface area contributed by atoms with E-state index < -0.39 is 23.4 Å². The molecule has 4 N–H and O–H groups in total. The quantitative estimate of drug-likeness (QED) is 0.311. The molecule has 2 aromatic heterocycles. The SMILES string of the molecule is CC(C)(C)OC(=O)NCCCCNC(=O)c1cnc2cccc(NCCCCNC(=O)OC(C)(C)C)n12. The minimum absolute atomic E-state index is 0.219. The fourth-order valence-electron chi connectivity index (χ4n) is 3.35. The predicted octanol–water partition coefficient (Wildman–Crippen LogP) is 4.09. The minimum Gasteiger partial charge on any atom is -0.444 e. The van der Waals surface area contributed by atoms with Gasteiger partial charge in [-0.05, 0) is 79.4 Å². The number of fused-ring (bicyclic) bond motifs is 1. The summed E-state index contributed by atoms with van der Waals surface area (Å²) in [5.41, 5.74) is 0.0662. The van der Waals surface area contributed by atoms with Gasteiger partial charge in [-0.15, -0.1) is 0 Å². The second-order valence-electron chi connectivity index (χ2n) is 10.7. The number of amides is 3. The Labute approximate surface area is 219 Å².